The molecule has 4 rings (SSSR count). The van der Waals surface area contributed by atoms with E-state index in [1.165, 1.54) is 7.11 Å². The monoisotopic (exact) mass is 446 g/mol. The van der Waals surface area contributed by atoms with E-state index in [9.17, 15) is 10.1 Å². The number of aromatic nitrogens is 3. The molecule has 3 heterocycles. The first-order chi connectivity index (χ1) is 16.1. The van der Waals surface area contributed by atoms with Gasteiger partial charge in [-0.15, -0.1) is 0 Å². The molecule has 3 aromatic rings. The molecule has 0 saturated carbocycles. The zero-order valence-corrected chi connectivity index (χ0v) is 18.7. The number of nitrogens with one attached hydrogen (secondary N) is 1. The van der Waals surface area contributed by atoms with Gasteiger partial charge in [-0.25, -0.2) is 15.0 Å². The van der Waals surface area contributed by atoms with Crippen molar-refractivity contribution in [3.8, 4) is 23.1 Å². The second-order valence-electron chi connectivity index (χ2n) is 7.87. The maximum Gasteiger partial charge on any atom is 0.320 e. The highest BCUT2D eigenvalue weighted by atomic mass is 16.5. The van der Waals surface area contributed by atoms with E-state index in [1.807, 2.05) is 25.1 Å². The van der Waals surface area contributed by atoms with Gasteiger partial charge in [-0.2, -0.15) is 5.26 Å². The Morgan fingerprint density at radius 2 is 2.15 bits per heavy atom. The van der Waals surface area contributed by atoms with E-state index in [0.29, 0.717) is 24.6 Å². The van der Waals surface area contributed by atoms with Crippen LogP contribution in [0.4, 0.5) is 5.82 Å². The molecule has 170 valence electrons. The number of fused-ring (bicyclic) bond motifs is 1. The molecule has 0 spiro atoms. The highest BCUT2D eigenvalue weighted by Gasteiger charge is 2.23. The number of hydrogen-bond acceptors (Lipinski definition) is 9. The van der Waals surface area contributed by atoms with Crippen LogP contribution in [0.3, 0.4) is 0 Å². The molecular formula is C24H26N6O3. The Kier molecular flexibility index (Phi) is 6.95. The number of esters is 1. The fourth-order valence-corrected chi connectivity index (χ4v) is 4.10. The molecule has 33 heavy (non-hydrogen) atoms. The van der Waals surface area contributed by atoms with Crippen LogP contribution in [0.2, 0.25) is 0 Å². The van der Waals surface area contributed by atoms with Crippen LogP contribution in [-0.2, 0) is 9.53 Å². The van der Waals surface area contributed by atoms with Gasteiger partial charge in [0.1, 0.15) is 23.8 Å². The van der Waals surface area contributed by atoms with Gasteiger partial charge in [0, 0.05) is 29.7 Å². The van der Waals surface area contributed by atoms with Crippen LogP contribution in [0.15, 0.2) is 36.8 Å². The largest absolute Gasteiger partial charge is 0.480 e. The van der Waals surface area contributed by atoms with Crippen molar-refractivity contribution in [3.63, 3.8) is 0 Å². The molecule has 1 N–H and O–H groups in total. The number of likely N-dealkylation sites (tertiary alicyclic amines) is 1. The zero-order chi connectivity index (χ0) is 23.2. The predicted octanol–water partition coefficient (Wildman–Crippen LogP) is 3.01. The van der Waals surface area contributed by atoms with Gasteiger partial charge in [-0.05, 0) is 50.1 Å². The van der Waals surface area contributed by atoms with Crippen molar-refractivity contribution in [2.75, 3.05) is 38.7 Å². The van der Waals surface area contributed by atoms with Crippen molar-refractivity contribution in [1.82, 2.24) is 19.9 Å². The lowest BCUT2D eigenvalue weighted by molar-refractivity contribution is -0.144. The Morgan fingerprint density at radius 1 is 1.27 bits per heavy atom. The Balaban J connectivity index is 1.58. The molecule has 1 aliphatic rings. The summed E-state index contributed by atoms with van der Waals surface area (Å²) in [5.74, 6) is 0.851. The number of methoxy groups -OCH3 is 1. The molecule has 1 saturated heterocycles. The number of carbonyl (C=O) groups is 1. The molecular weight excluding hydrogens is 420 g/mol. The minimum atomic E-state index is -0.194. The highest BCUT2D eigenvalue weighted by molar-refractivity contribution is 5.92. The number of rotatable bonds is 7. The van der Waals surface area contributed by atoms with Crippen molar-refractivity contribution in [1.29, 1.82) is 5.26 Å². The van der Waals surface area contributed by atoms with E-state index >= 15 is 0 Å². The quantitative estimate of drug-likeness (QED) is 0.547. The maximum atomic E-state index is 11.9. The fraction of sp³-hybridized carbons (Fsp3) is 0.375. The van der Waals surface area contributed by atoms with E-state index in [1.54, 1.807) is 18.6 Å². The van der Waals surface area contributed by atoms with Crippen molar-refractivity contribution in [3.05, 3.63) is 42.4 Å². The first-order valence-corrected chi connectivity index (χ1v) is 10.9. The number of hydrogen-bond donors (Lipinski definition) is 1. The standard InChI is InChI=1S/C24H26N6O3/c1-3-33-22(31)14-30-8-4-5-19(13-30)29-23-20-10-16(6-7-21(20)27-15-28-23)18-9-17(11-25)24(32-2)26-12-18/h6-7,9-10,12,15,19H,3-5,8,13-14H2,1-2H3,(H,27,28,29)/t19-/m0/s1. The molecule has 0 aliphatic carbocycles. The molecule has 0 radical (unpaired) electrons. The van der Waals surface area contributed by atoms with Crippen molar-refractivity contribution < 1.29 is 14.3 Å². The average Bonchev–Trinajstić information content (AvgIpc) is 2.84. The van der Waals surface area contributed by atoms with Crippen LogP contribution in [0.25, 0.3) is 22.0 Å². The molecule has 9 nitrogen and oxygen atoms in total. The predicted molar refractivity (Wildman–Crippen MR) is 124 cm³/mol. The Morgan fingerprint density at radius 3 is 2.94 bits per heavy atom. The number of pyridine rings is 1. The lowest BCUT2D eigenvalue weighted by Crippen LogP contribution is -2.44. The number of nitriles is 1. The van der Waals surface area contributed by atoms with Gasteiger partial charge in [-0.3, -0.25) is 9.69 Å². The van der Waals surface area contributed by atoms with Gasteiger partial charge in [-0.1, -0.05) is 6.07 Å². The van der Waals surface area contributed by atoms with Gasteiger partial charge in [0.05, 0.1) is 25.8 Å². The number of anilines is 1. The average molecular weight is 447 g/mol. The molecule has 0 unspecified atom stereocenters. The number of piperidine rings is 1. The van der Waals surface area contributed by atoms with Gasteiger partial charge in [0.25, 0.3) is 0 Å². The summed E-state index contributed by atoms with van der Waals surface area (Å²) in [5, 5.41) is 13.8. The normalized spacial score (nSPS) is 16.2. The minimum absolute atomic E-state index is 0.155. The summed E-state index contributed by atoms with van der Waals surface area (Å²) < 4.78 is 10.2. The second kappa shape index (κ2) is 10.2. The summed E-state index contributed by atoms with van der Waals surface area (Å²) in [4.78, 5) is 27.1. The van der Waals surface area contributed by atoms with E-state index in [4.69, 9.17) is 9.47 Å². The van der Waals surface area contributed by atoms with Crippen molar-refractivity contribution in [2.45, 2.75) is 25.8 Å². The van der Waals surface area contributed by atoms with E-state index < -0.39 is 0 Å². The Hall–Kier alpha value is -3.77. The maximum absolute atomic E-state index is 11.9. The summed E-state index contributed by atoms with van der Waals surface area (Å²) in [6.45, 7) is 4.11. The van der Waals surface area contributed by atoms with Gasteiger partial charge in [0.2, 0.25) is 5.88 Å². The van der Waals surface area contributed by atoms with E-state index in [0.717, 1.165) is 53.8 Å². The zero-order valence-electron chi connectivity index (χ0n) is 18.7. The van der Waals surface area contributed by atoms with Crippen molar-refractivity contribution >= 4 is 22.7 Å². The SMILES string of the molecule is CCOC(=O)CN1CCC[C@H](Nc2ncnc3ccc(-c4cnc(OC)c(C#N)c4)cc23)C1. The van der Waals surface area contributed by atoms with Crippen LogP contribution < -0.4 is 10.1 Å². The molecule has 1 atom stereocenters. The first kappa shape index (κ1) is 22.4. The molecule has 1 aromatic carbocycles. The lowest BCUT2D eigenvalue weighted by atomic mass is 10.0. The third kappa shape index (κ3) is 5.18. The minimum Gasteiger partial charge on any atom is -0.480 e. The summed E-state index contributed by atoms with van der Waals surface area (Å²) in [7, 11) is 1.49. The van der Waals surface area contributed by atoms with E-state index in [2.05, 4.69) is 31.2 Å². The van der Waals surface area contributed by atoms with E-state index in [-0.39, 0.29) is 12.0 Å². The highest BCUT2D eigenvalue weighted by Crippen LogP contribution is 2.29. The van der Waals surface area contributed by atoms with Gasteiger partial charge in [0.15, 0.2) is 0 Å². The summed E-state index contributed by atoms with van der Waals surface area (Å²) in [5.41, 5.74) is 2.90. The van der Waals surface area contributed by atoms with Gasteiger partial charge < -0.3 is 14.8 Å². The third-order valence-electron chi connectivity index (χ3n) is 5.64. The number of carbonyl (C=O) groups excluding carboxylic acids is 1. The number of benzene rings is 1. The van der Waals surface area contributed by atoms with Crippen LogP contribution >= 0.6 is 0 Å². The smallest absolute Gasteiger partial charge is 0.320 e. The van der Waals surface area contributed by atoms with Crippen LogP contribution in [0, 0.1) is 11.3 Å². The third-order valence-corrected chi connectivity index (χ3v) is 5.64. The van der Waals surface area contributed by atoms with Crippen molar-refractivity contribution in [2.24, 2.45) is 0 Å². The molecule has 1 fully saturated rings. The summed E-state index contributed by atoms with van der Waals surface area (Å²) in [6, 6.07) is 9.92. The molecule has 9 heteroatoms. The topological polar surface area (TPSA) is 113 Å². The van der Waals surface area contributed by atoms with Gasteiger partial charge >= 0.3 is 5.97 Å². The second-order valence-corrected chi connectivity index (χ2v) is 7.87. The first-order valence-electron chi connectivity index (χ1n) is 10.9. The Bertz CT molecular complexity index is 1190. The number of nitrogens with zero attached hydrogens (tertiary/aromatic N) is 5. The molecule has 2 aromatic heterocycles. The summed E-state index contributed by atoms with van der Waals surface area (Å²) in [6.07, 6.45) is 5.21. The fourth-order valence-electron chi connectivity index (χ4n) is 4.10. The molecule has 1 aliphatic heterocycles. The molecule has 0 amide bonds. The molecule has 0 bridgehead atoms. The van der Waals surface area contributed by atoms with Crippen LogP contribution in [0.5, 0.6) is 5.88 Å². The number of ether oxygens (including phenoxy) is 2. The Labute approximate surface area is 192 Å². The summed E-state index contributed by atoms with van der Waals surface area (Å²) >= 11 is 0. The lowest BCUT2D eigenvalue weighted by Gasteiger charge is -2.32. The van der Waals surface area contributed by atoms with Crippen LogP contribution in [-0.4, -0.2) is 65.2 Å². The van der Waals surface area contributed by atoms with Crippen LogP contribution in [0.1, 0.15) is 25.3 Å².